The molecule has 0 spiro atoms. The molecule has 20 heavy (non-hydrogen) atoms. The number of carboxylic acids is 1. The first-order valence-electron chi connectivity index (χ1n) is 6.61. The lowest BCUT2D eigenvalue weighted by Crippen LogP contribution is -2.11. The van der Waals surface area contributed by atoms with Gasteiger partial charge in [0.15, 0.2) is 0 Å². The predicted molar refractivity (Wildman–Crippen MR) is 77.2 cm³/mol. The molecule has 108 valence electrons. The fraction of sp³-hybridized carbons (Fsp3) is 0.400. The van der Waals surface area contributed by atoms with Crippen LogP contribution in [0.25, 0.3) is 6.08 Å². The van der Waals surface area contributed by atoms with Crippen LogP contribution >= 0.6 is 11.6 Å². The number of carboxylic acid groups (broad SMARTS) is 1. The highest BCUT2D eigenvalue weighted by Gasteiger charge is 2.15. The second kappa shape index (κ2) is 7.31. The number of benzene rings is 1. The van der Waals surface area contributed by atoms with Crippen LogP contribution in [-0.2, 0) is 9.53 Å². The largest absolute Gasteiger partial charge is 0.493 e. The molecule has 0 amide bonds. The van der Waals surface area contributed by atoms with Crippen LogP contribution in [0.1, 0.15) is 24.8 Å². The van der Waals surface area contributed by atoms with Crippen molar-refractivity contribution in [2.45, 2.75) is 25.4 Å². The van der Waals surface area contributed by atoms with Crippen molar-refractivity contribution >= 4 is 23.6 Å². The molecule has 0 radical (unpaired) electrons. The fourth-order valence-corrected chi connectivity index (χ4v) is 2.36. The Morgan fingerprint density at radius 1 is 1.55 bits per heavy atom. The smallest absolute Gasteiger partial charge is 0.328 e. The second-order valence-electron chi connectivity index (χ2n) is 4.60. The topological polar surface area (TPSA) is 55.8 Å². The van der Waals surface area contributed by atoms with E-state index < -0.39 is 5.97 Å². The Morgan fingerprint density at radius 3 is 3.10 bits per heavy atom. The zero-order chi connectivity index (χ0) is 14.4. The monoisotopic (exact) mass is 296 g/mol. The highest BCUT2D eigenvalue weighted by atomic mass is 35.5. The van der Waals surface area contributed by atoms with Gasteiger partial charge in [-0.1, -0.05) is 17.7 Å². The number of ether oxygens (including phenoxy) is 2. The lowest BCUT2D eigenvalue weighted by Gasteiger charge is -2.13. The Labute approximate surface area is 123 Å². The molecule has 0 aromatic heterocycles. The summed E-state index contributed by atoms with van der Waals surface area (Å²) in [5.74, 6) is -0.428. The summed E-state index contributed by atoms with van der Waals surface area (Å²) in [6.07, 6.45) is 5.78. The first-order valence-corrected chi connectivity index (χ1v) is 6.98. The van der Waals surface area contributed by atoms with Gasteiger partial charge in [-0.3, -0.25) is 0 Å². The van der Waals surface area contributed by atoms with E-state index in [2.05, 4.69) is 0 Å². The van der Waals surface area contributed by atoms with E-state index in [1.807, 2.05) is 0 Å². The molecule has 0 bridgehead atoms. The van der Waals surface area contributed by atoms with E-state index in [4.69, 9.17) is 26.2 Å². The third-order valence-corrected chi connectivity index (χ3v) is 3.46. The molecule has 1 N–H and O–H groups in total. The minimum absolute atomic E-state index is 0.271. The van der Waals surface area contributed by atoms with Crippen molar-refractivity contribution in [3.05, 3.63) is 34.9 Å². The summed E-state index contributed by atoms with van der Waals surface area (Å²) in [6.45, 7) is 1.35. The van der Waals surface area contributed by atoms with E-state index in [1.54, 1.807) is 18.2 Å². The van der Waals surface area contributed by atoms with Crippen LogP contribution in [0.4, 0.5) is 0 Å². The van der Waals surface area contributed by atoms with E-state index in [9.17, 15) is 4.79 Å². The Morgan fingerprint density at radius 2 is 2.40 bits per heavy atom. The van der Waals surface area contributed by atoms with Crippen LogP contribution in [0.2, 0.25) is 5.02 Å². The normalized spacial score (nSPS) is 18.6. The first-order chi connectivity index (χ1) is 9.66. The van der Waals surface area contributed by atoms with Crippen molar-refractivity contribution in [3.63, 3.8) is 0 Å². The molecule has 5 heteroatoms. The molecule has 2 rings (SSSR count). The summed E-state index contributed by atoms with van der Waals surface area (Å²) in [7, 11) is 0. The molecule has 1 heterocycles. The van der Waals surface area contributed by atoms with Gasteiger partial charge in [-0.15, -0.1) is 0 Å². The second-order valence-corrected chi connectivity index (χ2v) is 5.00. The van der Waals surface area contributed by atoms with Gasteiger partial charge in [-0.2, -0.15) is 0 Å². The Bertz CT molecular complexity index is 493. The number of hydrogen-bond donors (Lipinski definition) is 1. The van der Waals surface area contributed by atoms with Gasteiger partial charge in [-0.05, 0) is 31.1 Å². The molecule has 1 fully saturated rings. The van der Waals surface area contributed by atoms with Crippen LogP contribution in [0, 0.1) is 0 Å². The molecule has 0 saturated carbocycles. The van der Waals surface area contributed by atoms with Crippen LogP contribution in [-0.4, -0.2) is 30.4 Å². The van der Waals surface area contributed by atoms with Crippen molar-refractivity contribution in [1.82, 2.24) is 0 Å². The van der Waals surface area contributed by atoms with Gasteiger partial charge in [0.2, 0.25) is 0 Å². The average molecular weight is 297 g/mol. The predicted octanol–water partition coefficient (Wildman–Crippen LogP) is 3.39. The number of halogens is 1. The molecule has 1 atom stereocenters. The van der Waals surface area contributed by atoms with Crippen LogP contribution in [0.15, 0.2) is 24.3 Å². The van der Waals surface area contributed by atoms with Crippen molar-refractivity contribution in [1.29, 1.82) is 0 Å². The van der Waals surface area contributed by atoms with Crippen molar-refractivity contribution in [2.75, 3.05) is 13.2 Å². The summed E-state index contributed by atoms with van der Waals surface area (Å²) in [5.41, 5.74) is 0.587. The van der Waals surface area contributed by atoms with Crippen LogP contribution < -0.4 is 4.74 Å². The minimum Gasteiger partial charge on any atom is -0.493 e. The maximum atomic E-state index is 10.6. The van der Waals surface area contributed by atoms with Gasteiger partial charge in [-0.25, -0.2) is 4.79 Å². The zero-order valence-corrected chi connectivity index (χ0v) is 11.8. The lowest BCUT2D eigenvalue weighted by atomic mass is 10.1. The number of hydrogen-bond acceptors (Lipinski definition) is 3. The van der Waals surface area contributed by atoms with Crippen molar-refractivity contribution < 1.29 is 19.4 Å². The maximum absolute atomic E-state index is 10.6. The first kappa shape index (κ1) is 14.9. The Balaban J connectivity index is 1.98. The molecule has 0 aliphatic carbocycles. The fourth-order valence-electron chi connectivity index (χ4n) is 2.13. The molecular weight excluding hydrogens is 280 g/mol. The molecule has 4 nitrogen and oxygen atoms in total. The summed E-state index contributed by atoms with van der Waals surface area (Å²) in [5, 5.41) is 9.16. The van der Waals surface area contributed by atoms with Crippen molar-refractivity contribution in [3.8, 4) is 5.75 Å². The molecule has 1 saturated heterocycles. The Kier molecular flexibility index (Phi) is 5.44. The van der Waals surface area contributed by atoms with E-state index in [-0.39, 0.29) is 6.10 Å². The third kappa shape index (κ3) is 4.25. The van der Waals surface area contributed by atoms with Crippen molar-refractivity contribution in [2.24, 2.45) is 0 Å². The van der Waals surface area contributed by atoms with Gasteiger partial charge in [0.25, 0.3) is 0 Å². The summed E-state index contributed by atoms with van der Waals surface area (Å²) in [6, 6.07) is 5.26. The highest BCUT2D eigenvalue weighted by molar-refractivity contribution is 6.32. The standard InChI is InChI=1S/C15H17ClO4/c16-13-4-1-5-14(12(13)6-7-15(17)18)20-10-8-11-3-2-9-19-11/h1,4-7,11H,2-3,8-10H2,(H,17,18)/b7-6+. The Hall–Kier alpha value is -1.52. The summed E-state index contributed by atoms with van der Waals surface area (Å²) < 4.78 is 11.2. The minimum atomic E-state index is -1.02. The van der Waals surface area contributed by atoms with Gasteiger partial charge in [0.05, 0.1) is 17.7 Å². The molecular formula is C15H17ClO4. The van der Waals surface area contributed by atoms with E-state index in [0.717, 1.165) is 31.9 Å². The van der Waals surface area contributed by atoms with E-state index >= 15 is 0 Å². The van der Waals surface area contributed by atoms with Gasteiger partial charge < -0.3 is 14.6 Å². The van der Waals surface area contributed by atoms with E-state index in [1.165, 1.54) is 6.08 Å². The summed E-state index contributed by atoms with van der Waals surface area (Å²) >= 11 is 6.07. The lowest BCUT2D eigenvalue weighted by molar-refractivity contribution is -0.131. The quantitative estimate of drug-likeness (QED) is 0.818. The number of rotatable bonds is 6. The average Bonchev–Trinajstić information content (AvgIpc) is 2.91. The number of aliphatic carboxylic acids is 1. The maximum Gasteiger partial charge on any atom is 0.328 e. The number of carbonyl (C=O) groups is 1. The molecule has 1 aromatic rings. The van der Waals surface area contributed by atoms with Gasteiger partial charge in [0.1, 0.15) is 5.75 Å². The molecule has 1 aliphatic rings. The third-order valence-electron chi connectivity index (χ3n) is 3.13. The van der Waals surface area contributed by atoms with Gasteiger partial charge >= 0.3 is 5.97 Å². The molecule has 1 aliphatic heterocycles. The SMILES string of the molecule is O=C(O)/C=C/c1c(Cl)cccc1OCCC1CCCO1. The zero-order valence-electron chi connectivity index (χ0n) is 11.0. The van der Waals surface area contributed by atoms with E-state index in [0.29, 0.717) is 22.9 Å². The molecule has 1 aromatic carbocycles. The van der Waals surface area contributed by atoms with Crippen LogP contribution in [0.3, 0.4) is 0 Å². The van der Waals surface area contributed by atoms with Gasteiger partial charge in [0, 0.05) is 24.7 Å². The highest BCUT2D eigenvalue weighted by Crippen LogP contribution is 2.28. The molecule has 1 unspecified atom stereocenters. The van der Waals surface area contributed by atoms with Crippen LogP contribution in [0.5, 0.6) is 5.75 Å². The summed E-state index contributed by atoms with van der Waals surface area (Å²) in [4.78, 5) is 10.6.